The number of carbonyl (C=O) groups excluding carboxylic acids is 3. The van der Waals surface area contributed by atoms with Crippen LogP contribution in [0.4, 0.5) is 0 Å². The second kappa shape index (κ2) is 14.0. The van der Waals surface area contributed by atoms with Crippen molar-refractivity contribution in [2.24, 2.45) is 74.9 Å². The molecule has 0 aliphatic heterocycles. The molecule has 0 heterocycles. The summed E-state index contributed by atoms with van der Waals surface area (Å²) >= 11 is 1.71. The summed E-state index contributed by atoms with van der Waals surface area (Å²) < 4.78 is 0. The molecule has 11 atom stereocenters. The van der Waals surface area contributed by atoms with Gasteiger partial charge in [-0.3, -0.25) is 19.2 Å². The molecule has 1 aromatic carbocycles. The molecular formula is C46H65NO5S. The minimum Gasteiger partial charge on any atom is -0.481 e. The van der Waals surface area contributed by atoms with Crippen LogP contribution in [0, 0.1) is 74.9 Å². The Balaban J connectivity index is 1.09. The summed E-state index contributed by atoms with van der Waals surface area (Å²) in [6, 6.07) is 8.38. The fraction of sp³-hybridized carbons (Fsp3) is 0.739. The van der Waals surface area contributed by atoms with Crippen molar-refractivity contribution < 1.29 is 24.3 Å². The lowest BCUT2D eigenvalue weighted by atomic mass is 9.35. The first-order valence-electron chi connectivity index (χ1n) is 20.9. The lowest BCUT2D eigenvalue weighted by molar-refractivity contribution is -0.193. The zero-order chi connectivity index (χ0) is 38.2. The van der Waals surface area contributed by atoms with Crippen LogP contribution in [0.2, 0.25) is 0 Å². The minimum atomic E-state index is -0.760. The monoisotopic (exact) mass is 743 g/mol. The number of fused-ring (bicyclic) bond motifs is 7. The third kappa shape index (κ3) is 6.29. The van der Waals surface area contributed by atoms with Crippen LogP contribution < -0.4 is 5.32 Å². The number of aliphatic carboxylic acids is 1. The second-order valence-electron chi connectivity index (χ2n) is 20.0. The van der Waals surface area contributed by atoms with Gasteiger partial charge in [-0.25, -0.2) is 0 Å². The SMILES string of the molecule is CSc1ccc(CNC(=O)CC23CCC4C(CCC5C4(C)CCC4C(C)(C)C(CC(=O)C6CC(C(=O)O)C6C)CCC45C)C2=C(C(C)C)C(=O)C3)cc1. The molecule has 0 radical (unpaired) electrons. The lowest BCUT2D eigenvalue weighted by Gasteiger charge is -2.69. The topological polar surface area (TPSA) is 101 Å². The number of rotatable bonds is 10. The van der Waals surface area contributed by atoms with E-state index in [0.717, 1.165) is 49.7 Å². The van der Waals surface area contributed by atoms with Crippen molar-refractivity contribution in [3.8, 4) is 0 Å². The number of carboxylic acid groups (broad SMARTS) is 1. The average molecular weight is 744 g/mol. The van der Waals surface area contributed by atoms with Crippen LogP contribution in [-0.4, -0.2) is 34.8 Å². The van der Waals surface area contributed by atoms with Crippen LogP contribution in [0.1, 0.15) is 131 Å². The van der Waals surface area contributed by atoms with Gasteiger partial charge in [0.05, 0.1) is 5.92 Å². The van der Waals surface area contributed by atoms with E-state index in [0.29, 0.717) is 67.6 Å². The van der Waals surface area contributed by atoms with E-state index in [4.69, 9.17) is 0 Å². The summed E-state index contributed by atoms with van der Waals surface area (Å²) in [5.74, 6) is 1.87. The van der Waals surface area contributed by atoms with Gasteiger partial charge in [-0.2, -0.15) is 0 Å². The van der Waals surface area contributed by atoms with Gasteiger partial charge in [-0.1, -0.05) is 66.2 Å². The first kappa shape index (κ1) is 38.8. The van der Waals surface area contributed by atoms with Gasteiger partial charge in [0.25, 0.3) is 0 Å². The summed E-state index contributed by atoms with van der Waals surface area (Å²) in [7, 11) is 0. The Kier molecular flexibility index (Phi) is 10.2. The Morgan fingerprint density at radius 2 is 1.60 bits per heavy atom. The molecule has 0 bridgehead atoms. The third-order valence-electron chi connectivity index (χ3n) is 17.1. The van der Waals surface area contributed by atoms with Gasteiger partial charge >= 0.3 is 5.97 Å². The zero-order valence-corrected chi connectivity index (χ0v) is 34.5. The second-order valence-corrected chi connectivity index (χ2v) is 20.9. The molecule has 0 spiro atoms. The minimum absolute atomic E-state index is 0.0390. The Hall–Kier alpha value is -2.41. The zero-order valence-electron chi connectivity index (χ0n) is 33.7. The number of hydrogen-bond acceptors (Lipinski definition) is 5. The summed E-state index contributed by atoms with van der Waals surface area (Å²) in [5.41, 5.74) is 3.57. The lowest BCUT2D eigenvalue weighted by Crippen LogP contribution is -2.62. The number of carboxylic acids is 1. The van der Waals surface area contributed by atoms with Gasteiger partial charge in [0.15, 0.2) is 5.78 Å². The molecule has 7 rings (SSSR count). The summed E-state index contributed by atoms with van der Waals surface area (Å²) in [4.78, 5) is 54.1. The summed E-state index contributed by atoms with van der Waals surface area (Å²) in [6.45, 7) is 16.9. The maximum Gasteiger partial charge on any atom is 0.306 e. The highest BCUT2D eigenvalue weighted by atomic mass is 32.2. The molecular weight excluding hydrogens is 679 g/mol. The third-order valence-corrected chi connectivity index (χ3v) is 17.8. The quantitative estimate of drug-likeness (QED) is 0.232. The molecule has 2 N–H and O–H groups in total. The first-order chi connectivity index (χ1) is 25.0. The van der Waals surface area contributed by atoms with Crippen molar-refractivity contribution in [2.45, 2.75) is 137 Å². The standard InChI is InChI=1S/C46H65NO5S/c1-26(2)40-36(49)23-46(24-39(50)47-25-28-9-11-30(53-8)12-10-28)20-16-34-31(41(40)46)13-14-38-44(34,6)19-17-37-43(4,5)29(15-18-45(37,38)7)21-35(48)32-22-33(27(32)3)42(51)52/h9-12,26-27,29,31-34,37-38H,13-25H2,1-8H3,(H,47,50)(H,51,52). The highest BCUT2D eigenvalue weighted by molar-refractivity contribution is 7.98. The fourth-order valence-electron chi connectivity index (χ4n) is 14.3. The molecule has 6 nitrogen and oxygen atoms in total. The van der Waals surface area contributed by atoms with Crippen LogP contribution in [0.3, 0.4) is 0 Å². The van der Waals surface area contributed by atoms with Crippen LogP contribution >= 0.6 is 11.8 Å². The van der Waals surface area contributed by atoms with Gasteiger partial charge in [0, 0.05) is 42.0 Å². The van der Waals surface area contributed by atoms with Crippen molar-refractivity contribution >= 4 is 35.2 Å². The number of nitrogens with one attached hydrogen (secondary N) is 1. The number of Topliss-reactive ketones (excluding diaryl/α,β-unsaturated/α-hetero) is 2. The number of ketones is 2. The van der Waals surface area contributed by atoms with Crippen molar-refractivity contribution in [3.63, 3.8) is 0 Å². The molecule has 11 unspecified atom stereocenters. The number of thioether (sulfide) groups is 1. The fourth-order valence-corrected chi connectivity index (χ4v) is 14.7. The van der Waals surface area contributed by atoms with Gasteiger partial charge in [-0.15, -0.1) is 11.8 Å². The molecule has 290 valence electrons. The van der Waals surface area contributed by atoms with E-state index in [1.54, 1.807) is 11.8 Å². The van der Waals surface area contributed by atoms with Crippen molar-refractivity contribution in [3.05, 3.63) is 41.0 Å². The Bertz CT molecular complexity index is 1680. The largest absolute Gasteiger partial charge is 0.481 e. The van der Waals surface area contributed by atoms with Crippen molar-refractivity contribution in [2.75, 3.05) is 6.26 Å². The van der Waals surface area contributed by atoms with Crippen molar-refractivity contribution in [1.82, 2.24) is 5.32 Å². The maximum absolute atomic E-state index is 14.0. The predicted octanol–water partition coefficient (Wildman–Crippen LogP) is 9.94. The van der Waals surface area contributed by atoms with Gasteiger partial charge < -0.3 is 10.4 Å². The average Bonchev–Trinajstić information content (AvgIpc) is 3.39. The van der Waals surface area contributed by atoms with E-state index in [1.807, 2.05) is 6.92 Å². The molecule has 6 aliphatic carbocycles. The van der Waals surface area contributed by atoms with Gasteiger partial charge in [-0.05, 0) is 145 Å². The molecule has 7 heteroatoms. The smallest absolute Gasteiger partial charge is 0.306 e. The van der Waals surface area contributed by atoms with Gasteiger partial charge in [0.2, 0.25) is 5.91 Å². The molecule has 53 heavy (non-hydrogen) atoms. The number of carbonyl (C=O) groups is 4. The van der Waals surface area contributed by atoms with Gasteiger partial charge in [0.1, 0.15) is 5.78 Å². The highest BCUT2D eigenvalue weighted by Gasteiger charge is 2.66. The summed E-state index contributed by atoms with van der Waals surface area (Å²) in [5, 5.41) is 12.7. The van der Waals surface area contributed by atoms with E-state index in [9.17, 15) is 24.3 Å². The molecule has 1 aromatic rings. The first-order valence-corrected chi connectivity index (χ1v) is 22.1. The highest BCUT2D eigenvalue weighted by Crippen LogP contribution is 2.74. The molecule has 0 aromatic heterocycles. The Morgan fingerprint density at radius 3 is 2.25 bits per heavy atom. The van der Waals surface area contributed by atoms with Crippen LogP contribution in [0.15, 0.2) is 40.3 Å². The van der Waals surface area contributed by atoms with E-state index < -0.39 is 5.97 Å². The van der Waals surface area contributed by atoms with Crippen LogP contribution in [-0.2, 0) is 25.7 Å². The van der Waals surface area contributed by atoms with Crippen LogP contribution in [0.5, 0.6) is 0 Å². The van der Waals surface area contributed by atoms with E-state index in [-0.39, 0.29) is 57.0 Å². The van der Waals surface area contributed by atoms with E-state index in [1.165, 1.54) is 23.3 Å². The number of allylic oxidation sites excluding steroid dienone is 2. The predicted molar refractivity (Wildman–Crippen MR) is 211 cm³/mol. The molecule has 6 aliphatic rings. The van der Waals surface area contributed by atoms with Crippen LogP contribution in [0.25, 0.3) is 0 Å². The number of hydrogen-bond donors (Lipinski definition) is 2. The molecule has 5 saturated carbocycles. The normalized spacial score (nSPS) is 40.1. The molecule has 5 fully saturated rings. The summed E-state index contributed by atoms with van der Waals surface area (Å²) in [6.07, 6.45) is 12.9. The Labute approximate surface area is 322 Å². The maximum atomic E-state index is 14.0. The number of amides is 1. The molecule has 1 amide bonds. The number of benzene rings is 1. The van der Waals surface area contributed by atoms with E-state index in [2.05, 4.69) is 77.4 Å². The van der Waals surface area contributed by atoms with Crippen molar-refractivity contribution in [1.29, 1.82) is 0 Å². The van der Waals surface area contributed by atoms with E-state index >= 15 is 0 Å². The molecule has 0 saturated heterocycles. The Morgan fingerprint density at radius 1 is 0.906 bits per heavy atom.